The van der Waals surface area contributed by atoms with Gasteiger partial charge >= 0.3 is 0 Å². The van der Waals surface area contributed by atoms with Crippen LogP contribution in [-0.4, -0.2) is 21.6 Å². The molecule has 0 fully saturated rings. The predicted octanol–water partition coefficient (Wildman–Crippen LogP) is 1.96. The number of nitrogens with two attached hydrogens (primary N) is 1. The smallest absolute Gasteiger partial charge is 0.133 e. The van der Waals surface area contributed by atoms with Gasteiger partial charge in [0.1, 0.15) is 17.9 Å². The minimum atomic E-state index is -0.0710. The van der Waals surface area contributed by atoms with Gasteiger partial charge in [-0.15, -0.1) is 11.8 Å². The van der Waals surface area contributed by atoms with Crippen molar-refractivity contribution in [3.05, 3.63) is 42.2 Å². The summed E-state index contributed by atoms with van der Waals surface area (Å²) in [5.41, 5.74) is 3.94. The number of hydrogen-bond acceptors (Lipinski definition) is 5. The summed E-state index contributed by atoms with van der Waals surface area (Å²) in [7, 11) is 0. The van der Waals surface area contributed by atoms with Crippen molar-refractivity contribution in [3.63, 3.8) is 0 Å². The van der Waals surface area contributed by atoms with E-state index in [-0.39, 0.29) is 12.1 Å². The van der Waals surface area contributed by atoms with Gasteiger partial charge in [0, 0.05) is 23.4 Å². The third kappa shape index (κ3) is 2.42. The molecular weight excluding hydrogens is 272 g/mol. The third-order valence-corrected chi connectivity index (χ3v) is 4.59. The van der Waals surface area contributed by atoms with Gasteiger partial charge in [-0.2, -0.15) is 5.10 Å². The molecule has 1 aromatic heterocycles. The topological polar surface area (TPSA) is 65.1 Å². The lowest BCUT2D eigenvalue weighted by Crippen LogP contribution is -2.43. The lowest BCUT2D eigenvalue weighted by atomic mass is 10.1. The van der Waals surface area contributed by atoms with Gasteiger partial charge in [-0.1, -0.05) is 12.1 Å². The molecular formula is C14H18N4OS. The number of nitrogens with one attached hydrogen (secondary N) is 1. The van der Waals surface area contributed by atoms with E-state index in [1.54, 1.807) is 18.0 Å². The highest BCUT2D eigenvalue weighted by molar-refractivity contribution is 7.99. The van der Waals surface area contributed by atoms with Gasteiger partial charge in [-0.05, 0) is 25.1 Å². The second-order valence-corrected chi connectivity index (χ2v) is 5.69. The molecule has 0 spiro atoms. The van der Waals surface area contributed by atoms with Crippen LogP contribution < -0.4 is 16.0 Å². The van der Waals surface area contributed by atoms with E-state index in [4.69, 9.17) is 10.6 Å². The normalized spacial score (nSPS) is 19.2. The Bertz CT molecular complexity index is 586. The summed E-state index contributed by atoms with van der Waals surface area (Å²) < 4.78 is 8.05. The van der Waals surface area contributed by atoms with Crippen molar-refractivity contribution in [1.82, 2.24) is 15.2 Å². The number of aryl methyl sites for hydroxylation is 1. The molecule has 2 heterocycles. The number of hydrogen-bond donors (Lipinski definition) is 2. The minimum Gasteiger partial charge on any atom is -0.486 e. The second-order valence-electron chi connectivity index (χ2n) is 4.63. The van der Waals surface area contributed by atoms with Crippen LogP contribution in [0.1, 0.15) is 18.7 Å². The van der Waals surface area contributed by atoms with E-state index < -0.39 is 0 Å². The number of hydrazine groups is 1. The molecule has 106 valence electrons. The number of ether oxygens (including phenoxy) is 1. The number of aromatic nitrogens is 2. The predicted molar refractivity (Wildman–Crippen MR) is 79.5 cm³/mol. The van der Waals surface area contributed by atoms with Gasteiger partial charge in [0.25, 0.3) is 0 Å². The third-order valence-electron chi connectivity index (χ3n) is 3.45. The number of benzene rings is 1. The van der Waals surface area contributed by atoms with Gasteiger partial charge in [0.2, 0.25) is 0 Å². The van der Waals surface area contributed by atoms with Crippen molar-refractivity contribution in [2.24, 2.45) is 5.84 Å². The van der Waals surface area contributed by atoms with Crippen LogP contribution in [0.2, 0.25) is 0 Å². The second kappa shape index (κ2) is 5.87. The Morgan fingerprint density at radius 1 is 1.50 bits per heavy atom. The van der Waals surface area contributed by atoms with E-state index in [0.29, 0.717) is 0 Å². The lowest BCUT2D eigenvalue weighted by Gasteiger charge is -2.31. The van der Waals surface area contributed by atoms with Crippen LogP contribution in [-0.2, 0) is 6.54 Å². The Morgan fingerprint density at radius 3 is 3.15 bits per heavy atom. The summed E-state index contributed by atoms with van der Waals surface area (Å²) in [6.07, 6.45) is 1.79. The van der Waals surface area contributed by atoms with Crippen molar-refractivity contribution in [2.45, 2.75) is 30.5 Å². The molecule has 6 heteroatoms. The van der Waals surface area contributed by atoms with Crippen LogP contribution >= 0.6 is 11.8 Å². The number of para-hydroxylation sites is 1. The first-order valence-corrected chi connectivity index (χ1v) is 7.68. The monoisotopic (exact) mass is 290 g/mol. The molecule has 0 radical (unpaired) electrons. The standard InChI is InChI=1S/C14H18N4OS/c1-2-18-10(7-8-16-18)14(17-15)12-9-20-13-6-4-3-5-11(13)19-12/h3-8,12,14,17H,2,9,15H2,1H3. The highest BCUT2D eigenvalue weighted by atomic mass is 32.2. The molecule has 2 aromatic rings. The summed E-state index contributed by atoms with van der Waals surface area (Å²) in [5.74, 6) is 7.55. The molecule has 3 rings (SSSR count). The summed E-state index contributed by atoms with van der Waals surface area (Å²) >= 11 is 1.80. The number of nitrogens with zero attached hydrogens (tertiary/aromatic N) is 2. The minimum absolute atomic E-state index is 0.0121. The zero-order valence-corrected chi connectivity index (χ0v) is 12.1. The van der Waals surface area contributed by atoms with Crippen molar-refractivity contribution >= 4 is 11.8 Å². The van der Waals surface area contributed by atoms with Gasteiger partial charge in [0.05, 0.1) is 5.69 Å². The van der Waals surface area contributed by atoms with Crippen LogP contribution in [0.3, 0.4) is 0 Å². The molecule has 0 saturated carbocycles. The maximum atomic E-state index is 6.10. The van der Waals surface area contributed by atoms with Gasteiger partial charge in [-0.3, -0.25) is 10.5 Å². The van der Waals surface area contributed by atoms with E-state index in [1.807, 2.05) is 28.9 Å². The summed E-state index contributed by atoms with van der Waals surface area (Å²) in [4.78, 5) is 1.18. The molecule has 0 amide bonds. The number of fused-ring (bicyclic) bond motifs is 1. The molecule has 1 aromatic carbocycles. The fourth-order valence-corrected chi connectivity index (χ4v) is 3.49. The molecule has 2 atom stereocenters. The number of thioether (sulfide) groups is 1. The zero-order chi connectivity index (χ0) is 13.9. The first kappa shape index (κ1) is 13.5. The summed E-state index contributed by atoms with van der Waals surface area (Å²) in [5, 5.41) is 4.30. The van der Waals surface area contributed by atoms with Crippen LogP contribution in [0.25, 0.3) is 0 Å². The lowest BCUT2D eigenvalue weighted by molar-refractivity contribution is 0.162. The van der Waals surface area contributed by atoms with Crippen LogP contribution in [0, 0.1) is 0 Å². The largest absolute Gasteiger partial charge is 0.486 e. The Labute approximate surface area is 122 Å². The quantitative estimate of drug-likeness (QED) is 0.665. The van der Waals surface area contributed by atoms with E-state index in [2.05, 4.69) is 23.5 Å². The summed E-state index contributed by atoms with van der Waals surface area (Å²) in [6.45, 7) is 2.88. The summed E-state index contributed by atoms with van der Waals surface area (Å²) in [6, 6.07) is 10.0. The fourth-order valence-electron chi connectivity index (χ4n) is 2.45. The Morgan fingerprint density at radius 2 is 2.35 bits per heavy atom. The van der Waals surface area contributed by atoms with Gasteiger partial charge in [-0.25, -0.2) is 5.43 Å². The van der Waals surface area contributed by atoms with E-state index in [9.17, 15) is 0 Å². The molecule has 0 bridgehead atoms. The molecule has 2 unspecified atom stereocenters. The molecule has 0 saturated heterocycles. The van der Waals surface area contributed by atoms with E-state index >= 15 is 0 Å². The average Bonchev–Trinajstić information content (AvgIpc) is 2.96. The maximum absolute atomic E-state index is 6.10. The molecule has 5 nitrogen and oxygen atoms in total. The molecule has 0 aliphatic carbocycles. The first-order valence-electron chi connectivity index (χ1n) is 6.69. The zero-order valence-electron chi connectivity index (χ0n) is 11.3. The molecule has 1 aliphatic rings. The van der Waals surface area contributed by atoms with Gasteiger partial charge in [0.15, 0.2) is 0 Å². The van der Waals surface area contributed by atoms with Crippen molar-refractivity contribution in [1.29, 1.82) is 0 Å². The average molecular weight is 290 g/mol. The van der Waals surface area contributed by atoms with Crippen LogP contribution in [0.15, 0.2) is 41.4 Å². The Balaban J connectivity index is 1.85. The SMILES string of the molecule is CCn1nccc1C(NN)C1CSc2ccccc2O1. The van der Waals surface area contributed by atoms with E-state index in [0.717, 1.165) is 23.7 Å². The molecule has 1 aliphatic heterocycles. The van der Waals surface area contributed by atoms with Crippen LogP contribution in [0.4, 0.5) is 0 Å². The Kier molecular flexibility index (Phi) is 3.95. The van der Waals surface area contributed by atoms with Crippen molar-refractivity contribution < 1.29 is 4.74 Å². The van der Waals surface area contributed by atoms with Crippen molar-refractivity contribution in [2.75, 3.05) is 5.75 Å². The highest BCUT2D eigenvalue weighted by Gasteiger charge is 2.30. The molecule has 3 N–H and O–H groups in total. The van der Waals surface area contributed by atoms with E-state index in [1.165, 1.54) is 4.90 Å². The van der Waals surface area contributed by atoms with Crippen molar-refractivity contribution in [3.8, 4) is 5.75 Å². The fraction of sp³-hybridized carbons (Fsp3) is 0.357. The number of rotatable bonds is 4. The first-order chi connectivity index (χ1) is 9.83. The maximum Gasteiger partial charge on any atom is 0.133 e. The highest BCUT2D eigenvalue weighted by Crippen LogP contribution is 2.38. The van der Waals surface area contributed by atoms with Gasteiger partial charge < -0.3 is 4.74 Å². The molecule has 20 heavy (non-hydrogen) atoms. The Hall–Kier alpha value is -1.50. The van der Waals surface area contributed by atoms with Crippen LogP contribution in [0.5, 0.6) is 5.75 Å².